The molecule has 0 saturated carbocycles. The van der Waals surface area contributed by atoms with Crippen LogP contribution in [-0.2, 0) is 4.79 Å². The van der Waals surface area contributed by atoms with Gasteiger partial charge in [0, 0.05) is 12.4 Å². The number of amides is 1. The van der Waals surface area contributed by atoms with Crippen LogP contribution < -0.4 is 0 Å². The van der Waals surface area contributed by atoms with E-state index in [1.807, 2.05) is 41.9 Å². The molecular weight excluding hydrogens is 338 g/mol. The lowest BCUT2D eigenvalue weighted by Gasteiger charge is -2.31. The van der Waals surface area contributed by atoms with E-state index in [-0.39, 0.29) is 5.91 Å². The van der Waals surface area contributed by atoms with Crippen molar-refractivity contribution < 1.29 is 14.7 Å². The van der Waals surface area contributed by atoms with Crippen molar-refractivity contribution >= 4 is 33.4 Å². The number of para-hydroxylation sites is 1. The second kappa shape index (κ2) is 6.00. The summed E-state index contributed by atoms with van der Waals surface area (Å²) >= 11 is 1.32. The number of likely N-dealkylation sites (N-methyl/N-ethyl adjacent to an activating group) is 1. The summed E-state index contributed by atoms with van der Waals surface area (Å²) in [7, 11) is 1.51. The molecule has 0 bridgehead atoms. The third kappa shape index (κ3) is 2.80. The number of aryl methyl sites for hydroxylation is 1. The van der Waals surface area contributed by atoms with E-state index >= 15 is 0 Å². The number of rotatable bonds is 4. The normalized spacial score (nSPS) is 11.7. The van der Waals surface area contributed by atoms with Gasteiger partial charge in [0.1, 0.15) is 10.4 Å². The summed E-state index contributed by atoms with van der Waals surface area (Å²) in [5.41, 5.74) is 0.461. The average Bonchev–Trinajstić information content (AvgIpc) is 3.15. The molecule has 0 saturated heterocycles. The highest BCUT2D eigenvalue weighted by atomic mass is 32.1. The van der Waals surface area contributed by atoms with Crippen molar-refractivity contribution in [1.29, 1.82) is 0 Å². The molecule has 2 aromatic heterocycles. The van der Waals surface area contributed by atoms with Gasteiger partial charge in [0.15, 0.2) is 0 Å². The molecule has 7 heteroatoms. The first-order valence-electron chi connectivity index (χ1n) is 7.79. The number of carboxylic acids is 1. The summed E-state index contributed by atoms with van der Waals surface area (Å²) in [5.74, 6) is -1.36. The van der Waals surface area contributed by atoms with E-state index in [9.17, 15) is 14.7 Å². The first-order chi connectivity index (χ1) is 11.7. The first-order valence-corrected chi connectivity index (χ1v) is 8.61. The molecule has 130 valence electrons. The highest BCUT2D eigenvalue weighted by Crippen LogP contribution is 2.31. The zero-order chi connectivity index (χ0) is 18.4. The molecule has 6 nitrogen and oxygen atoms in total. The molecule has 3 aromatic rings. The SMILES string of the molecule is Cc1nn(-c2ccccc2)c2sc(C(=O)N(C)C(C)(C)C(=O)O)cc12. The molecule has 1 N–H and O–H groups in total. The van der Waals surface area contributed by atoms with Crippen molar-refractivity contribution in [3.63, 3.8) is 0 Å². The molecule has 2 heterocycles. The zero-order valence-electron chi connectivity index (χ0n) is 14.5. The van der Waals surface area contributed by atoms with Gasteiger partial charge in [0.05, 0.1) is 16.3 Å². The summed E-state index contributed by atoms with van der Waals surface area (Å²) in [6.07, 6.45) is 0. The van der Waals surface area contributed by atoms with E-state index in [2.05, 4.69) is 5.10 Å². The van der Waals surface area contributed by atoms with Gasteiger partial charge < -0.3 is 10.0 Å². The van der Waals surface area contributed by atoms with Gasteiger partial charge in [-0.2, -0.15) is 5.10 Å². The lowest BCUT2D eigenvalue weighted by atomic mass is 10.0. The second-order valence-electron chi connectivity index (χ2n) is 6.39. The van der Waals surface area contributed by atoms with Gasteiger partial charge in [0.2, 0.25) is 0 Å². The maximum Gasteiger partial charge on any atom is 0.329 e. The van der Waals surface area contributed by atoms with Gasteiger partial charge in [-0.3, -0.25) is 4.79 Å². The summed E-state index contributed by atoms with van der Waals surface area (Å²) in [6.45, 7) is 4.92. The number of thiophene rings is 1. The Morgan fingerprint density at radius 3 is 2.48 bits per heavy atom. The highest BCUT2D eigenvalue weighted by Gasteiger charge is 2.36. The molecule has 1 amide bonds. The Hall–Kier alpha value is -2.67. The molecule has 0 spiro atoms. The standard InChI is InChI=1S/C18H19N3O3S/c1-11-13-10-14(15(22)20(4)18(2,3)17(23)24)25-16(13)21(19-11)12-8-6-5-7-9-12/h5-10H,1-4H3,(H,23,24). The van der Waals surface area contributed by atoms with Gasteiger partial charge in [-0.15, -0.1) is 11.3 Å². The van der Waals surface area contributed by atoms with Gasteiger partial charge in [-0.05, 0) is 39.0 Å². The van der Waals surface area contributed by atoms with Crippen molar-refractivity contribution in [1.82, 2.24) is 14.7 Å². The van der Waals surface area contributed by atoms with Crippen LogP contribution in [0.4, 0.5) is 0 Å². The maximum atomic E-state index is 12.8. The minimum Gasteiger partial charge on any atom is -0.480 e. The van der Waals surface area contributed by atoms with E-state index in [4.69, 9.17) is 0 Å². The Balaban J connectivity index is 2.05. The van der Waals surface area contributed by atoms with E-state index in [0.717, 1.165) is 21.6 Å². The number of carboxylic acid groups (broad SMARTS) is 1. The number of benzene rings is 1. The molecule has 0 aliphatic heterocycles. The number of aromatic nitrogens is 2. The summed E-state index contributed by atoms with van der Waals surface area (Å²) in [6, 6.07) is 11.5. The van der Waals surface area contributed by atoms with Crippen LogP contribution in [0, 0.1) is 6.92 Å². The Labute approximate surface area is 149 Å². The lowest BCUT2D eigenvalue weighted by Crippen LogP contribution is -2.50. The Bertz CT molecular complexity index is 957. The summed E-state index contributed by atoms with van der Waals surface area (Å²) in [4.78, 5) is 26.8. The lowest BCUT2D eigenvalue weighted by molar-refractivity contribution is -0.147. The zero-order valence-corrected chi connectivity index (χ0v) is 15.3. The molecule has 3 rings (SSSR count). The number of hydrogen-bond acceptors (Lipinski definition) is 4. The number of nitrogens with zero attached hydrogens (tertiary/aromatic N) is 3. The topological polar surface area (TPSA) is 75.4 Å². The molecule has 25 heavy (non-hydrogen) atoms. The Morgan fingerprint density at radius 2 is 1.88 bits per heavy atom. The fourth-order valence-corrected chi connectivity index (χ4v) is 3.62. The minimum atomic E-state index is -1.28. The van der Waals surface area contributed by atoms with E-state index in [0.29, 0.717) is 4.88 Å². The van der Waals surface area contributed by atoms with Gasteiger partial charge in [-0.25, -0.2) is 9.48 Å². The molecule has 0 atom stereocenters. The van der Waals surface area contributed by atoms with Gasteiger partial charge >= 0.3 is 5.97 Å². The molecule has 0 unspecified atom stereocenters. The van der Waals surface area contributed by atoms with E-state index in [1.54, 1.807) is 6.07 Å². The molecule has 0 radical (unpaired) electrons. The molecule has 0 aliphatic rings. The van der Waals surface area contributed by atoms with Crippen LogP contribution >= 0.6 is 11.3 Å². The van der Waals surface area contributed by atoms with Crippen LogP contribution in [0.1, 0.15) is 29.2 Å². The van der Waals surface area contributed by atoms with Crippen molar-refractivity contribution in [3.05, 3.63) is 47.0 Å². The van der Waals surface area contributed by atoms with Crippen LogP contribution in [0.3, 0.4) is 0 Å². The molecule has 0 fully saturated rings. The number of fused-ring (bicyclic) bond motifs is 1. The fraction of sp³-hybridized carbons (Fsp3) is 0.278. The van der Waals surface area contributed by atoms with Gasteiger partial charge in [-0.1, -0.05) is 18.2 Å². The van der Waals surface area contributed by atoms with Crippen molar-refractivity contribution in [3.8, 4) is 5.69 Å². The van der Waals surface area contributed by atoms with Crippen LogP contribution in [0.2, 0.25) is 0 Å². The molecule has 1 aromatic carbocycles. The fourth-order valence-electron chi connectivity index (χ4n) is 2.46. The predicted molar refractivity (Wildman–Crippen MR) is 97.5 cm³/mol. The van der Waals surface area contributed by atoms with Crippen molar-refractivity contribution in [2.45, 2.75) is 26.3 Å². The van der Waals surface area contributed by atoms with Crippen molar-refractivity contribution in [2.24, 2.45) is 0 Å². The number of aliphatic carboxylic acids is 1. The third-order valence-electron chi connectivity index (χ3n) is 4.42. The number of carbonyl (C=O) groups excluding carboxylic acids is 1. The number of hydrogen-bond donors (Lipinski definition) is 1. The second-order valence-corrected chi connectivity index (χ2v) is 7.42. The highest BCUT2D eigenvalue weighted by molar-refractivity contribution is 7.20. The van der Waals surface area contributed by atoms with Crippen LogP contribution in [0.25, 0.3) is 15.9 Å². The largest absolute Gasteiger partial charge is 0.480 e. The van der Waals surface area contributed by atoms with E-state index in [1.165, 1.54) is 37.1 Å². The third-order valence-corrected chi connectivity index (χ3v) is 5.52. The predicted octanol–water partition coefficient (Wildman–Crippen LogP) is 3.33. The maximum absolute atomic E-state index is 12.8. The van der Waals surface area contributed by atoms with Crippen LogP contribution in [0.5, 0.6) is 0 Å². The Morgan fingerprint density at radius 1 is 1.24 bits per heavy atom. The monoisotopic (exact) mass is 357 g/mol. The first kappa shape index (κ1) is 17.2. The van der Waals surface area contributed by atoms with Crippen LogP contribution in [0.15, 0.2) is 36.4 Å². The van der Waals surface area contributed by atoms with Crippen molar-refractivity contribution in [2.75, 3.05) is 7.05 Å². The minimum absolute atomic E-state index is 0.312. The Kier molecular flexibility index (Phi) is 4.12. The van der Waals surface area contributed by atoms with Gasteiger partial charge in [0.25, 0.3) is 5.91 Å². The average molecular weight is 357 g/mol. The summed E-state index contributed by atoms with van der Waals surface area (Å²) in [5, 5.41) is 14.8. The summed E-state index contributed by atoms with van der Waals surface area (Å²) < 4.78 is 1.81. The van der Waals surface area contributed by atoms with E-state index < -0.39 is 11.5 Å². The number of carbonyl (C=O) groups is 2. The smallest absolute Gasteiger partial charge is 0.329 e. The quantitative estimate of drug-likeness (QED) is 0.777. The van der Waals surface area contributed by atoms with Crippen LogP contribution in [-0.4, -0.2) is 44.3 Å². The molecule has 0 aliphatic carbocycles. The molecular formula is C18H19N3O3S.